The Morgan fingerprint density at radius 1 is 1.40 bits per heavy atom. The molecule has 5 heteroatoms. The standard InChI is InChI=1S/C10H21N3O2/c1-6(2)7(8(11)12)13-9(14)15-10(3,4)5/h6-7H,1-5H3,(H3,11,12)(H,13,14)/t7-/m1/s1. The third-order valence-electron chi connectivity index (χ3n) is 1.67. The van der Waals surface area contributed by atoms with E-state index < -0.39 is 17.7 Å². The molecule has 0 heterocycles. The van der Waals surface area contributed by atoms with E-state index in [1.165, 1.54) is 0 Å². The SMILES string of the molecule is CC(C)[C@@H](NC(=O)OC(C)(C)C)C(=N)N. The number of ether oxygens (including phenoxy) is 1. The zero-order valence-electron chi connectivity index (χ0n) is 10.0. The molecule has 88 valence electrons. The summed E-state index contributed by atoms with van der Waals surface area (Å²) in [7, 11) is 0. The van der Waals surface area contributed by atoms with Crippen molar-refractivity contribution in [2.45, 2.75) is 46.3 Å². The largest absolute Gasteiger partial charge is 0.444 e. The predicted molar refractivity (Wildman–Crippen MR) is 59.9 cm³/mol. The zero-order chi connectivity index (χ0) is 12.2. The quantitative estimate of drug-likeness (QED) is 0.492. The molecule has 0 saturated heterocycles. The summed E-state index contributed by atoms with van der Waals surface area (Å²) in [6, 6.07) is -0.472. The van der Waals surface area contributed by atoms with Gasteiger partial charge < -0.3 is 15.8 Å². The van der Waals surface area contributed by atoms with Crippen LogP contribution in [0.2, 0.25) is 0 Å². The van der Waals surface area contributed by atoms with Gasteiger partial charge in [0.1, 0.15) is 11.4 Å². The summed E-state index contributed by atoms with van der Waals surface area (Å²) in [6.07, 6.45) is -0.545. The number of hydrogen-bond donors (Lipinski definition) is 3. The molecule has 0 unspecified atom stereocenters. The fourth-order valence-electron chi connectivity index (χ4n) is 1.04. The zero-order valence-corrected chi connectivity index (χ0v) is 10.0. The van der Waals surface area contributed by atoms with E-state index in [0.29, 0.717) is 0 Å². The van der Waals surface area contributed by atoms with Crippen LogP contribution in [0.4, 0.5) is 4.79 Å². The highest BCUT2D eigenvalue weighted by Crippen LogP contribution is 2.08. The Hall–Kier alpha value is -1.26. The number of amides is 1. The van der Waals surface area contributed by atoms with Crippen LogP contribution < -0.4 is 11.1 Å². The number of amidine groups is 1. The van der Waals surface area contributed by atoms with Crippen LogP contribution in [-0.2, 0) is 4.74 Å². The van der Waals surface area contributed by atoms with Gasteiger partial charge in [-0.1, -0.05) is 13.8 Å². The summed E-state index contributed by atoms with van der Waals surface area (Å²) in [6.45, 7) is 9.10. The normalized spacial score (nSPS) is 13.5. The van der Waals surface area contributed by atoms with Crippen LogP contribution >= 0.6 is 0 Å². The van der Waals surface area contributed by atoms with Crippen LogP contribution in [-0.4, -0.2) is 23.6 Å². The van der Waals surface area contributed by atoms with Gasteiger partial charge in [-0.05, 0) is 26.7 Å². The van der Waals surface area contributed by atoms with Gasteiger partial charge >= 0.3 is 6.09 Å². The molecule has 0 fully saturated rings. The highest BCUT2D eigenvalue weighted by Gasteiger charge is 2.22. The molecule has 0 aromatic rings. The molecule has 1 amide bonds. The van der Waals surface area contributed by atoms with Crippen molar-refractivity contribution < 1.29 is 9.53 Å². The predicted octanol–water partition coefficient (Wildman–Crippen LogP) is 1.47. The van der Waals surface area contributed by atoms with Crippen molar-refractivity contribution >= 4 is 11.9 Å². The minimum Gasteiger partial charge on any atom is -0.444 e. The third-order valence-corrected chi connectivity index (χ3v) is 1.67. The van der Waals surface area contributed by atoms with E-state index in [1.54, 1.807) is 20.8 Å². The number of carbonyl (C=O) groups is 1. The molecule has 0 rings (SSSR count). The van der Waals surface area contributed by atoms with Crippen molar-refractivity contribution in [1.29, 1.82) is 5.41 Å². The second-order valence-corrected chi connectivity index (χ2v) is 4.82. The van der Waals surface area contributed by atoms with Crippen molar-refractivity contribution in [3.63, 3.8) is 0 Å². The van der Waals surface area contributed by atoms with Crippen LogP contribution in [0.15, 0.2) is 0 Å². The summed E-state index contributed by atoms with van der Waals surface area (Å²) < 4.78 is 5.07. The Labute approximate surface area is 90.9 Å². The highest BCUT2D eigenvalue weighted by atomic mass is 16.6. The minimum absolute atomic E-state index is 0.0594. The van der Waals surface area contributed by atoms with Crippen LogP contribution in [0.25, 0.3) is 0 Å². The lowest BCUT2D eigenvalue weighted by Gasteiger charge is -2.24. The van der Waals surface area contributed by atoms with Gasteiger partial charge in [0, 0.05) is 0 Å². The fraction of sp³-hybridized carbons (Fsp3) is 0.800. The lowest BCUT2D eigenvalue weighted by atomic mass is 10.0. The number of carbonyl (C=O) groups excluding carboxylic acids is 1. The number of alkyl carbamates (subject to hydrolysis) is 1. The van der Waals surface area contributed by atoms with E-state index in [4.69, 9.17) is 15.9 Å². The summed E-state index contributed by atoms with van der Waals surface area (Å²) in [5.74, 6) is 0.00544. The first kappa shape index (κ1) is 13.7. The molecule has 0 aromatic heterocycles. The van der Waals surface area contributed by atoms with Crippen molar-refractivity contribution in [3.8, 4) is 0 Å². The van der Waals surface area contributed by atoms with Crippen LogP contribution in [0.3, 0.4) is 0 Å². The average molecular weight is 215 g/mol. The monoisotopic (exact) mass is 215 g/mol. The molecule has 1 atom stereocenters. The second kappa shape index (κ2) is 5.00. The molecular weight excluding hydrogens is 194 g/mol. The molecule has 0 aliphatic carbocycles. The first-order valence-corrected chi connectivity index (χ1v) is 4.97. The molecule has 0 aliphatic rings. The van der Waals surface area contributed by atoms with Crippen molar-refractivity contribution in [2.75, 3.05) is 0 Å². The van der Waals surface area contributed by atoms with Crippen LogP contribution in [0.1, 0.15) is 34.6 Å². The van der Waals surface area contributed by atoms with E-state index in [1.807, 2.05) is 13.8 Å². The maximum atomic E-state index is 11.4. The maximum absolute atomic E-state index is 11.4. The molecule has 0 aromatic carbocycles. The smallest absolute Gasteiger partial charge is 0.408 e. The van der Waals surface area contributed by atoms with E-state index in [9.17, 15) is 4.79 Å². The minimum atomic E-state index is -0.545. The van der Waals surface area contributed by atoms with Gasteiger partial charge in [-0.3, -0.25) is 5.41 Å². The molecule has 5 nitrogen and oxygen atoms in total. The molecule has 0 saturated carbocycles. The van der Waals surface area contributed by atoms with Crippen molar-refractivity contribution in [1.82, 2.24) is 5.32 Å². The first-order chi connectivity index (χ1) is 6.63. The molecule has 0 bridgehead atoms. The molecule has 0 spiro atoms. The fourth-order valence-corrected chi connectivity index (χ4v) is 1.04. The van der Waals surface area contributed by atoms with Gasteiger partial charge in [0.25, 0.3) is 0 Å². The summed E-state index contributed by atoms with van der Waals surface area (Å²) in [4.78, 5) is 11.4. The van der Waals surface area contributed by atoms with E-state index in [-0.39, 0.29) is 11.8 Å². The summed E-state index contributed by atoms with van der Waals surface area (Å²) >= 11 is 0. The lowest BCUT2D eigenvalue weighted by Crippen LogP contribution is -2.48. The van der Waals surface area contributed by atoms with Gasteiger partial charge in [0.2, 0.25) is 0 Å². The van der Waals surface area contributed by atoms with Gasteiger partial charge in [-0.2, -0.15) is 0 Å². The molecule has 0 radical (unpaired) electrons. The van der Waals surface area contributed by atoms with Crippen LogP contribution in [0.5, 0.6) is 0 Å². The molecule has 15 heavy (non-hydrogen) atoms. The Bertz CT molecular complexity index is 244. The van der Waals surface area contributed by atoms with Gasteiger partial charge in [0.15, 0.2) is 0 Å². The third kappa shape index (κ3) is 5.93. The highest BCUT2D eigenvalue weighted by molar-refractivity contribution is 5.86. The van der Waals surface area contributed by atoms with E-state index >= 15 is 0 Å². The lowest BCUT2D eigenvalue weighted by molar-refractivity contribution is 0.0508. The number of nitrogens with two attached hydrogens (primary N) is 1. The Balaban J connectivity index is 4.31. The van der Waals surface area contributed by atoms with Crippen molar-refractivity contribution in [2.24, 2.45) is 11.7 Å². The first-order valence-electron chi connectivity index (χ1n) is 4.97. The molecular formula is C10H21N3O2. The van der Waals surface area contributed by atoms with Crippen molar-refractivity contribution in [3.05, 3.63) is 0 Å². The molecule has 4 N–H and O–H groups in total. The topological polar surface area (TPSA) is 88.2 Å². The molecule has 0 aliphatic heterocycles. The Morgan fingerprint density at radius 3 is 2.13 bits per heavy atom. The number of hydrogen-bond acceptors (Lipinski definition) is 3. The van der Waals surface area contributed by atoms with Crippen LogP contribution in [0, 0.1) is 11.3 Å². The maximum Gasteiger partial charge on any atom is 0.408 e. The Kier molecular flexibility index (Phi) is 4.58. The van der Waals surface area contributed by atoms with E-state index in [0.717, 1.165) is 0 Å². The van der Waals surface area contributed by atoms with Gasteiger partial charge in [-0.15, -0.1) is 0 Å². The van der Waals surface area contributed by atoms with E-state index in [2.05, 4.69) is 5.32 Å². The Morgan fingerprint density at radius 2 is 1.87 bits per heavy atom. The second-order valence-electron chi connectivity index (χ2n) is 4.82. The van der Waals surface area contributed by atoms with Gasteiger partial charge in [0.05, 0.1) is 6.04 Å². The summed E-state index contributed by atoms with van der Waals surface area (Å²) in [5, 5.41) is 9.88. The summed E-state index contributed by atoms with van der Waals surface area (Å²) in [5.41, 5.74) is 4.82. The number of nitrogens with one attached hydrogen (secondary N) is 2. The van der Waals surface area contributed by atoms with Gasteiger partial charge in [-0.25, -0.2) is 4.79 Å². The average Bonchev–Trinajstić information content (AvgIpc) is 1.95. The number of rotatable bonds is 3.